The molecule has 0 atom stereocenters. The molecule has 0 fully saturated rings. The van der Waals surface area contributed by atoms with E-state index >= 15 is 0 Å². The molecule has 0 bridgehead atoms. The number of hydrogen-bond acceptors (Lipinski definition) is 3. The van der Waals surface area contributed by atoms with Crippen LogP contribution in [-0.4, -0.2) is 26.1 Å². The number of ether oxygens (including phenoxy) is 1. The Balaban J connectivity index is 2.47. The monoisotopic (exact) mass is 236 g/mol. The molecule has 0 spiro atoms. The number of methoxy groups -OCH3 is 1. The first-order chi connectivity index (χ1) is 8.17. The predicted molar refractivity (Wildman–Crippen MR) is 69.5 cm³/mol. The molecule has 17 heavy (non-hydrogen) atoms. The predicted octanol–water partition coefficient (Wildman–Crippen LogP) is 1.94. The van der Waals surface area contributed by atoms with E-state index in [9.17, 15) is 4.79 Å². The Bertz CT molecular complexity index is 378. The average Bonchev–Trinajstić information content (AvgIpc) is 2.34. The molecule has 0 aliphatic carbocycles. The van der Waals surface area contributed by atoms with Crippen LogP contribution in [0.3, 0.4) is 0 Å². The Labute approximate surface area is 102 Å². The van der Waals surface area contributed by atoms with Gasteiger partial charge in [-0.25, -0.2) is 0 Å². The van der Waals surface area contributed by atoms with E-state index in [2.05, 4.69) is 10.6 Å². The van der Waals surface area contributed by atoms with Gasteiger partial charge in [0.05, 0.1) is 13.7 Å². The van der Waals surface area contributed by atoms with Gasteiger partial charge in [-0.05, 0) is 37.1 Å². The molecule has 0 heterocycles. The number of anilines is 1. The molecule has 1 amide bonds. The zero-order chi connectivity index (χ0) is 12.7. The van der Waals surface area contributed by atoms with E-state index < -0.39 is 0 Å². The fourth-order valence-electron chi connectivity index (χ4n) is 1.50. The summed E-state index contributed by atoms with van der Waals surface area (Å²) in [7, 11) is 1.65. The summed E-state index contributed by atoms with van der Waals surface area (Å²) in [6.45, 7) is 5.02. The lowest BCUT2D eigenvalue weighted by atomic mass is 10.2. The minimum absolute atomic E-state index is 0.0142. The minimum Gasteiger partial charge on any atom is -0.496 e. The van der Waals surface area contributed by atoms with Crippen LogP contribution in [0, 0.1) is 6.92 Å². The second-order valence-corrected chi connectivity index (χ2v) is 3.89. The van der Waals surface area contributed by atoms with Crippen molar-refractivity contribution in [1.82, 2.24) is 5.32 Å². The number of benzene rings is 1. The summed E-state index contributed by atoms with van der Waals surface area (Å²) in [6.07, 6.45) is 0.952. The zero-order valence-electron chi connectivity index (χ0n) is 10.7. The van der Waals surface area contributed by atoms with E-state index in [1.54, 1.807) is 7.11 Å². The second-order valence-electron chi connectivity index (χ2n) is 3.89. The van der Waals surface area contributed by atoms with Crippen molar-refractivity contribution in [3.05, 3.63) is 23.8 Å². The van der Waals surface area contributed by atoms with Crippen LogP contribution in [0.25, 0.3) is 0 Å². The maximum Gasteiger partial charge on any atom is 0.239 e. The van der Waals surface area contributed by atoms with Crippen molar-refractivity contribution in [2.45, 2.75) is 20.3 Å². The quantitative estimate of drug-likeness (QED) is 0.793. The van der Waals surface area contributed by atoms with Crippen LogP contribution in [0.2, 0.25) is 0 Å². The molecule has 4 nitrogen and oxygen atoms in total. The highest BCUT2D eigenvalue weighted by Gasteiger charge is 2.02. The number of carbonyl (C=O) groups excluding carboxylic acids is 1. The number of aryl methyl sites for hydroxylation is 1. The molecule has 0 unspecified atom stereocenters. The molecular formula is C13H20N2O2. The summed E-state index contributed by atoms with van der Waals surface area (Å²) in [4.78, 5) is 11.4. The molecule has 0 aliphatic heterocycles. The Kier molecular flexibility index (Phi) is 5.33. The van der Waals surface area contributed by atoms with Gasteiger partial charge in [0.15, 0.2) is 0 Å². The normalized spacial score (nSPS) is 9.82. The first-order valence-electron chi connectivity index (χ1n) is 5.82. The van der Waals surface area contributed by atoms with Crippen molar-refractivity contribution in [1.29, 1.82) is 0 Å². The Morgan fingerprint density at radius 1 is 1.41 bits per heavy atom. The van der Waals surface area contributed by atoms with E-state index in [0.29, 0.717) is 6.54 Å². The van der Waals surface area contributed by atoms with E-state index in [0.717, 1.165) is 30.0 Å². The van der Waals surface area contributed by atoms with Gasteiger partial charge in [-0.3, -0.25) is 4.79 Å². The van der Waals surface area contributed by atoms with Crippen molar-refractivity contribution in [3.63, 3.8) is 0 Å². The second kappa shape index (κ2) is 6.78. The van der Waals surface area contributed by atoms with Gasteiger partial charge in [-0.15, -0.1) is 0 Å². The van der Waals surface area contributed by atoms with Gasteiger partial charge in [0.1, 0.15) is 5.75 Å². The molecule has 0 radical (unpaired) electrons. The lowest BCUT2D eigenvalue weighted by molar-refractivity contribution is -0.119. The maximum absolute atomic E-state index is 11.4. The van der Waals surface area contributed by atoms with Crippen LogP contribution in [0.4, 0.5) is 5.69 Å². The fraction of sp³-hybridized carbons (Fsp3) is 0.462. The van der Waals surface area contributed by atoms with Crippen molar-refractivity contribution >= 4 is 11.6 Å². The van der Waals surface area contributed by atoms with Gasteiger partial charge in [0.25, 0.3) is 0 Å². The summed E-state index contributed by atoms with van der Waals surface area (Å²) in [5, 5.41) is 5.89. The number of amides is 1. The molecule has 1 rings (SSSR count). The molecule has 0 saturated carbocycles. The summed E-state index contributed by atoms with van der Waals surface area (Å²) in [5.41, 5.74) is 1.97. The van der Waals surface area contributed by atoms with E-state index in [-0.39, 0.29) is 5.91 Å². The van der Waals surface area contributed by atoms with Gasteiger partial charge < -0.3 is 15.4 Å². The van der Waals surface area contributed by atoms with Crippen molar-refractivity contribution in [3.8, 4) is 5.75 Å². The van der Waals surface area contributed by atoms with Gasteiger partial charge >= 0.3 is 0 Å². The summed E-state index contributed by atoms with van der Waals surface area (Å²) < 4.78 is 5.17. The lowest BCUT2D eigenvalue weighted by Crippen LogP contribution is -2.30. The summed E-state index contributed by atoms with van der Waals surface area (Å²) in [5.74, 6) is 0.867. The van der Waals surface area contributed by atoms with Crippen LogP contribution < -0.4 is 15.4 Å². The van der Waals surface area contributed by atoms with Crippen molar-refractivity contribution < 1.29 is 9.53 Å². The molecule has 2 N–H and O–H groups in total. The van der Waals surface area contributed by atoms with E-state index in [1.165, 1.54) is 0 Å². The van der Waals surface area contributed by atoms with Crippen LogP contribution in [0.15, 0.2) is 18.2 Å². The Hall–Kier alpha value is -1.71. The highest BCUT2D eigenvalue weighted by Crippen LogP contribution is 2.20. The third-order valence-electron chi connectivity index (χ3n) is 2.42. The minimum atomic E-state index is 0.0142. The fourth-order valence-corrected chi connectivity index (χ4v) is 1.50. The third kappa shape index (κ3) is 4.34. The third-order valence-corrected chi connectivity index (χ3v) is 2.42. The largest absolute Gasteiger partial charge is 0.496 e. The van der Waals surface area contributed by atoms with Crippen LogP contribution in [0.5, 0.6) is 5.75 Å². The topological polar surface area (TPSA) is 50.4 Å². The Morgan fingerprint density at radius 2 is 2.18 bits per heavy atom. The van der Waals surface area contributed by atoms with Gasteiger partial charge in [0, 0.05) is 12.2 Å². The average molecular weight is 236 g/mol. The standard InChI is InChI=1S/C13H20N2O2/c1-4-7-14-13(16)9-15-11-5-6-12(17-3)10(2)8-11/h5-6,8,15H,4,7,9H2,1-3H3,(H,14,16). The van der Waals surface area contributed by atoms with Crippen LogP contribution in [0.1, 0.15) is 18.9 Å². The lowest BCUT2D eigenvalue weighted by Gasteiger charge is -2.09. The highest BCUT2D eigenvalue weighted by molar-refractivity contribution is 5.80. The Morgan fingerprint density at radius 3 is 2.76 bits per heavy atom. The summed E-state index contributed by atoms with van der Waals surface area (Å²) in [6, 6.07) is 5.76. The maximum atomic E-state index is 11.4. The number of nitrogens with one attached hydrogen (secondary N) is 2. The zero-order valence-corrected chi connectivity index (χ0v) is 10.7. The van der Waals surface area contributed by atoms with Gasteiger partial charge in [-0.2, -0.15) is 0 Å². The van der Waals surface area contributed by atoms with Gasteiger partial charge in [-0.1, -0.05) is 6.92 Å². The first-order valence-corrected chi connectivity index (χ1v) is 5.82. The molecule has 94 valence electrons. The molecular weight excluding hydrogens is 216 g/mol. The first kappa shape index (κ1) is 13.4. The number of carbonyl (C=O) groups is 1. The molecule has 0 aliphatic rings. The van der Waals surface area contributed by atoms with Crippen LogP contribution >= 0.6 is 0 Å². The molecule has 1 aromatic carbocycles. The highest BCUT2D eigenvalue weighted by atomic mass is 16.5. The molecule has 0 aromatic heterocycles. The smallest absolute Gasteiger partial charge is 0.239 e. The number of hydrogen-bond donors (Lipinski definition) is 2. The molecule has 1 aromatic rings. The SMILES string of the molecule is CCCNC(=O)CNc1ccc(OC)c(C)c1. The summed E-state index contributed by atoms with van der Waals surface area (Å²) >= 11 is 0. The van der Waals surface area contributed by atoms with E-state index in [1.807, 2.05) is 32.0 Å². The van der Waals surface area contributed by atoms with Crippen LogP contribution in [-0.2, 0) is 4.79 Å². The number of rotatable bonds is 6. The van der Waals surface area contributed by atoms with Crippen molar-refractivity contribution in [2.75, 3.05) is 25.5 Å². The molecule has 0 saturated heterocycles. The van der Waals surface area contributed by atoms with Gasteiger partial charge in [0.2, 0.25) is 5.91 Å². The van der Waals surface area contributed by atoms with E-state index in [4.69, 9.17) is 4.74 Å². The van der Waals surface area contributed by atoms with Crippen molar-refractivity contribution in [2.24, 2.45) is 0 Å². The molecule has 4 heteroatoms.